The third-order valence-electron chi connectivity index (χ3n) is 3.85. The van der Waals surface area contributed by atoms with Crippen molar-refractivity contribution < 1.29 is 9.90 Å². The van der Waals surface area contributed by atoms with E-state index >= 15 is 0 Å². The number of rotatable bonds is 4. The zero-order valence-electron chi connectivity index (χ0n) is 10.7. The van der Waals surface area contributed by atoms with Gasteiger partial charge in [-0.1, -0.05) is 25.0 Å². The summed E-state index contributed by atoms with van der Waals surface area (Å²) < 4.78 is 0.887. The first-order valence-electron chi connectivity index (χ1n) is 6.71. The first kappa shape index (κ1) is 12.6. The van der Waals surface area contributed by atoms with Gasteiger partial charge in [0, 0.05) is 17.3 Å². The molecule has 1 aliphatic carbocycles. The van der Waals surface area contributed by atoms with Gasteiger partial charge in [0.05, 0.1) is 5.56 Å². The van der Waals surface area contributed by atoms with Crippen LogP contribution in [0.15, 0.2) is 23.6 Å². The van der Waals surface area contributed by atoms with E-state index in [0.29, 0.717) is 11.6 Å². The van der Waals surface area contributed by atoms with Gasteiger partial charge < -0.3 is 10.4 Å². The van der Waals surface area contributed by atoms with Gasteiger partial charge >= 0.3 is 5.97 Å². The summed E-state index contributed by atoms with van der Waals surface area (Å²) in [6.07, 6.45) is 5.18. The van der Waals surface area contributed by atoms with Crippen LogP contribution in [0, 0.1) is 0 Å². The van der Waals surface area contributed by atoms with Crippen molar-refractivity contribution in [3.8, 4) is 0 Å². The van der Waals surface area contributed by atoms with E-state index in [-0.39, 0.29) is 0 Å². The van der Waals surface area contributed by atoms with Crippen LogP contribution in [0.5, 0.6) is 0 Å². The standard InChI is InChI=1S/C15H17NO2S/c17-15(18)13-7-3-6-12-10(9-19-14(12)13)8-16-11-4-1-2-5-11/h3,6-7,9,11,16H,1-2,4-5,8H2,(H,17,18). The van der Waals surface area contributed by atoms with E-state index in [1.807, 2.05) is 12.1 Å². The second-order valence-corrected chi connectivity index (χ2v) is 5.99. The number of hydrogen-bond acceptors (Lipinski definition) is 3. The minimum Gasteiger partial charge on any atom is -0.478 e. The second kappa shape index (κ2) is 5.31. The molecule has 1 aromatic carbocycles. The first-order valence-corrected chi connectivity index (χ1v) is 7.59. The van der Waals surface area contributed by atoms with Crippen LogP contribution in [0.2, 0.25) is 0 Å². The van der Waals surface area contributed by atoms with Gasteiger partial charge in [-0.3, -0.25) is 0 Å². The monoisotopic (exact) mass is 275 g/mol. The van der Waals surface area contributed by atoms with Crippen molar-refractivity contribution in [3.05, 3.63) is 34.7 Å². The van der Waals surface area contributed by atoms with Crippen molar-refractivity contribution >= 4 is 27.4 Å². The Morgan fingerprint density at radius 3 is 2.89 bits per heavy atom. The molecule has 0 amide bonds. The molecule has 0 radical (unpaired) electrons. The third kappa shape index (κ3) is 2.51. The molecule has 19 heavy (non-hydrogen) atoms. The van der Waals surface area contributed by atoms with E-state index in [1.54, 1.807) is 6.07 Å². The quantitative estimate of drug-likeness (QED) is 0.895. The van der Waals surface area contributed by atoms with Gasteiger partial charge in [0.15, 0.2) is 0 Å². The third-order valence-corrected chi connectivity index (χ3v) is 4.92. The summed E-state index contributed by atoms with van der Waals surface area (Å²) >= 11 is 1.53. The largest absolute Gasteiger partial charge is 0.478 e. The van der Waals surface area contributed by atoms with Crippen LogP contribution in [0.4, 0.5) is 0 Å². The molecule has 0 saturated heterocycles. The highest BCUT2D eigenvalue weighted by atomic mass is 32.1. The van der Waals surface area contributed by atoms with Crippen molar-refractivity contribution in [1.82, 2.24) is 5.32 Å². The maximum absolute atomic E-state index is 11.2. The number of aromatic carboxylic acids is 1. The molecule has 1 fully saturated rings. The Labute approximate surface area is 116 Å². The van der Waals surface area contributed by atoms with Crippen LogP contribution in [0.25, 0.3) is 10.1 Å². The second-order valence-electron chi connectivity index (χ2n) is 5.11. The molecule has 1 saturated carbocycles. The fraction of sp³-hybridized carbons (Fsp3) is 0.400. The molecule has 2 aromatic rings. The SMILES string of the molecule is O=C(O)c1cccc2c(CNC3CCCC3)csc12. The average Bonchev–Trinajstić information content (AvgIpc) is 3.05. The Morgan fingerprint density at radius 2 is 2.16 bits per heavy atom. The summed E-state index contributed by atoms with van der Waals surface area (Å²) in [7, 11) is 0. The predicted octanol–water partition coefficient (Wildman–Crippen LogP) is 3.63. The Morgan fingerprint density at radius 1 is 1.37 bits per heavy atom. The lowest BCUT2D eigenvalue weighted by Crippen LogP contribution is -2.25. The molecule has 3 nitrogen and oxygen atoms in total. The Balaban J connectivity index is 1.84. The number of nitrogens with one attached hydrogen (secondary N) is 1. The fourth-order valence-corrected chi connectivity index (χ4v) is 3.88. The van der Waals surface area contributed by atoms with Crippen LogP contribution >= 0.6 is 11.3 Å². The Kier molecular flexibility index (Phi) is 3.53. The van der Waals surface area contributed by atoms with Crippen LogP contribution < -0.4 is 5.32 Å². The zero-order valence-corrected chi connectivity index (χ0v) is 11.5. The molecule has 2 N–H and O–H groups in total. The van der Waals surface area contributed by atoms with Gasteiger partial charge in [0.2, 0.25) is 0 Å². The molecule has 0 aliphatic heterocycles. The number of carboxylic acid groups (broad SMARTS) is 1. The molecule has 3 rings (SSSR count). The van der Waals surface area contributed by atoms with Crippen molar-refractivity contribution in [2.75, 3.05) is 0 Å². The molecule has 0 bridgehead atoms. The molecule has 0 atom stereocenters. The van der Waals surface area contributed by atoms with Crippen molar-refractivity contribution in [2.45, 2.75) is 38.3 Å². The van der Waals surface area contributed by atoms with Crippen LogP contribution in [0.3, 0.4) is 0 Å². The van der Waals surface area contributed by atoms with E-state index in [4.69, 9.17) is 0 Å². The van der Waals surface area contributed by atoms with Crippen LogP contribution in [0.1, 0.15) is 41.6 Å². The normalized spacial score (nSPS) is 16.2. The van der Waals surface area contributed by atoms with Crippen LogP contribution in [-0.4, -0.2) is 17.1 Å². The number of carboxylic acids is 1. The summed E-state index contributed by atoms with van der Waals surface area (Å²) in [5, 5.41) is 15.9. The highest BCUT2D eigenvalue weighted by Crippen LogP contribution is 2.29. The van der Waals surface area contributed by atoms with Gasteiger partial charge in [-0.25, -0.2) is 4.79 Å². The van der Waals surface area contributed by atoms with Gasteiger partial charge in [-0.15, -0.1) is 11.3 Å². The Bertz CT molecular complexity index is 599. The molecular weight excluding hydrogens is 258 g/mol. The summed E-state index contributed by atoms with van der Waals surface area (Å²) in [6, 6.07) is 6.16. The highest BCUT2D eigenvalue weighted by Gasteiger charge is 2.16. The summed E-state index contributed by atoms with van der Waals surface area (Å²) in [5.41, 5.74) is 1.63. The lowest BCUT2D eigenvalue weighted by atomic mass is 10.1. The van der Waals surface area contributed by atoms with E-state index in [2.05, 4.69) is 10.7 Å². The van der Waals surface area contributed by atoms with E-state index in [1.165, 1.54) is 42.6 Å². The van der Waals surface area contributed by atoms with Gasteiger partial charge in [-0.05, 0) is 35.2 Å². The number of benzene rings is 1. The predicted molar refractivity (Wildman–Crippen MR) is 77.9 cm³/mol. The number of carbonyl (C=O) groups is 1. The zero-order chi connectivity index (χ0) is 13.2. The topological polar surface area (TPSA) is 49.3 Å². The first-order chi connectivity index (χ1) is 9.25. The molecule has 0 spiro atoms. The minimum absolute atomic E-state index is 0.412. The molecule has 100 valence electrons. The number of fused-ring (bicyclic) bond motifs is 1. The van der Waals surface area contributed by atoms with Gasteiger partial charge in [-0.2, -0.15) is 0 Å². The number of thiophene rings is 1. The van der Waals surface area contributed by atoms with E-state index in [0.717, 1.165) is 16.6 Å². The molecule has 4 heteroatoms. The van der Waals surface area contributed by atoms with Crippen molar-refractivity contribution in [1.29, 1.82) is 0 Å². The van der Waals surface area contributed by atoms with Crippen LogP contribution in [-0.2, 0) is 6.54 Å². The molecule has 1 aromatic heterocycles. The molecule has 0 unspecified atom stereocenters. The average molecular weight is 275 g/mol. The Hall–Kier alpha value is -1.39. The molecular formula is C15H17NO2S. The number of hydrogen-bond donors (Lipinski definition) is 2. The van der Waals surface area contributed by atoms with Gasteiger partial charge in [0.1, 0.15) is 0 Å². The minimum atomic E-state index is -0.845. The van der Waals surface area contributed by atoms with E-state index < -0.39 is 5.97 Å². The summed E-state index contributed by atoms with van der Waals surface area (Å²) in [5.74, 6) is -0.845. The summed E-state index contributed by atoms with van der Waals surface area (Å²) in [4.78, 5) is 11.2. The lowest BCUT2D eigenvalue weighted by molar-refractivity contribution is 0.0699. The smallest absolute Gasteiger partial charge is 0.337 e. The van der Waals surface area contributed by atoms with Gasteiger partial charge in [0.25, 0.3) is 0 Å². The van der Waals surface area contributed by atoms with E-state index in [9.17, 15) is 9.90 Å². The summed E-state index contributed by atoms with van der Waals surface area (Å²) in [6.45, 7) is 0.841. The van der Waals surface area contributed by atoms with Crippen molar-refractivity contribution in [3.63, 3.8) is 0 Å². The molecule has 1 aliphatic rings. The van der Waals surface area contributed by atoms with Crippen molar-refractivity contribution in [2.24, 2.45) is 0 Å². The molecule has 1 heterocycles. The fourth-order valence-electron chi connectivity index (χ4n) is 2.80. The highest BCUT2D eigenvalue weighted by molar-refractivity contribution is 7.17. The maximum atomic E-state index is 11.2. The maximum Gasteiger partial charge on any atom is 0.337 e. The lowest BCUT2D eigenvalue weighted by Gasteiger charge is -2.11.